The molecular formula is C18H22N2O. The van der Waals surface area contributed by atoms with Crippen molar-refractivity contribution in [2.75, 3.05) is 0 Å². The van der Waals surface area contributed by atoms with Gasteiger partial charge in [0.2, 0.25) is 0 Å². The Morgan fingerprint density at radius 1 is 1.24 bits per heavy atom. The summed E-state index contributed by atoms with van der Waals surface area (Å²) in [5, 5.41) is 7.52. The van der Waals surface area contributed by atoms with Gasteiger partial charge in [-0.2, -0.15) is 0 Å². The van der Waals surface area contributed by atoms with Crippen LogP contribution in [0.4, 0.5) is 0 Å². The van der Waals surface area contributed by atoms with Crippen molar-refractivity contribution >= 4 is 5.84 Å². The largest absolute Gasteiger partial charge is 0.457 e. The van der Waals surface area contributed by atoms with Gasteiger partial charge in [0, 0.05) is 5.56 Å². The highest BCUT2D eigenvalue weighted by Gasteiger charge is 2.11. The number of amidine groups is 1. The number of aryl methyl sites for hydroxylation is 1. The summed E-state index contributed by atoms with van der Waals surface area (Å²) >= 11 is 0. The smallest absolute Gasteiger partial charge is 0.130 e. The number of nitrogens with two attached hydrogens (primary N) is 1. The molecule has 0 radical (unpaired) electrons. The topological polar surface area (TPSA) is 59.1 Å². The monoisotopic (exact) mass is 282 g/mol. The van der Waals surface area contributed by atoms with Crippen LogP contribution in [-0.2, 0) is 0 Å². The molecule has 2 aromatic carbocycles. The first-order valence-electron chi connectivity index (χ1n) is 7.24. The quantitative estimate of drug-likeness (QED) is 0.622. The van der Waals surface area contributed by atoms with Crippen LogP contribution in [0.15, 0.2) is 42.5 Å². The molecule has 3 nitrogen and oxygen atoms in total. The van der Waals surface area contributed by atoms with E-state index in [4.69, 9.17) is 15.9 Å². The second-order valence-electron chi connectivity index (χ2n) is 5.34. The van der Waals surface area contributed by atoms with Crippen molar-refractivity contribution in [2.24, 2.45) is 5.73 Å². The minimum Gasteiger partial charge on any atom is -0.457 e. The van der Waals surface area contributed by atoms with Crippen LogP contribution in [-0.4, -0.2) is 5.84 Å². The highest BCUT2D eigenvalue weighted by atomic mass is 16.5. The van der Waals surface area contributed by atoms with Crippen molar-refractivity contribution < 1.29 is 4.74 Å². The second-order valence-corrected chi connectivity index (χ2v) is 5.34. The summed E-state index contributed by atoms with van der Waals surface area (Å²) in [6.07, 6.45) is 1.07. The maximum atomic E-state index is 7.52. The van der Waals surface area contributed by atoms with Crippen LogP contribution in [0.3, 0.4) is 0 Å². The van der Waals surface area contributed by atoms with Crippen molar-refractivity contribution in [3.05, 3.63) is 59.2 Å². The number of para-hydroxylation sites is 1. The van der Waals surface area contributed by atoms with Crippen molar-refractivity contribution in [1.82, 2.24) is 0 Å². The van der Waals surface area contributed by atoms with E-state index >= 15 is 0 Å². The Labute approximate surface area is 126 Å². The van der Waals surface area contributed by atoms with E-state index < -0.39 is 0 Å². The molecule has 0 aliphatic rings. The minimum absolute atomic E-state index is 0.0825. The molecule has 1 atom stereocenters. The fraction of sp³-hybridized carbons (Fsp3) is 0.278. The molecule has 3 N–H and O–H groups in total. The zero-order valence-corrected chi connectivity index (χ0v) is 12.8. The number of benzene rings is 2. The Morgan fingerprint density at radius 3 is 2.57 bits per heavy atom. The molecular weight excluding hydrogens is 260 g/mol. The van der Waals surface area contributed by atoms with E-state index in [0.717, 1.165) is 29.0 Å². The van der Waals surface area contributed by atoms with Crippen LogP contribution < -0.4 is 10.5 Å². The Morgan fingerprint density at radius 2 is 1.95 bits per heavy atom. The zero-order valence-electron chi connectivity index (χ0n) is 12.8. The number of rotatable bonds is 5. The Hall–Kier alpha value is -2.29. The molecule has 0 aliphatic heterocycles. The van der Waals surface area contributed by atoms with E-state index in [-0.39, 0.29) is 5.84 Å². The van der Waals surface area contributed by atoms with Gasteiger partial charge in [-0.25, -0.2) is 0 Å². The maximum Gasteiger partial charge on any atom is 0.130 e. The summed E-state index contributed by atoms with van der Waals surface area (Å²) < 4.78 is 6.04. The van der Waals surface area contributed by atoms with Gasteiger partial charge in [-0.15, -0.1) is 0 Å². The van der Waals surface area contributed by atoms with E-state index in [2.05, 4.69) is 19.9 Å². The molecule has 21 heavy (non-hydrogen) atoms. The molecule has 3 heteroatoms. The van der Waals surface area contributed by atoms with Crippen LogP contribution >= 0.6 is 0 Å². The third-order valence-electron chi connectivity index (χ3n) is 3.78. The van der Waals surface area contributed by atoms with Gasteiger partial charge >= 0.3 is 0 Å². The Bertz CT molecular complexity index is 649. The van der Waals surface area contributed by atoms with Gasteiger partial charge in [0.1, 0.15) is 17.3 Å². The lowest BCUT2D eigenvalue weighted by Crippen LogP contribution is -2.12. The predicted molar refractivity (Wildman–Crippen MR) is 87.4 cm³/mol. The normalized spacial score (nSPS) is 12.0. The van der Waals surface area contributed by atoms with Crippen LogP contribution in [0, 0.1) is 12.3 Å². The van der Waals surface area contributed by atoms with E-state index in [1.165, 1.54) is 5.56 Å². The first-order valence-corrected chi connectivity index (χ1v) is 7.24. The van der Waals surface area contributed by atoms with Crippen LogP contribution in [0.25, 0.3) is 0 Å². The summed E-state index contributed by atoms with van der Waals surface area (Å²) in [4.78, 5) is 0. The molecule has 0 heterocycles. The number of ether oxygens (including phenoxy) is 1. The minimum atomic E-state index is 0.0825. The molecule has 110 valence electrons. The van der Waals surface area contributed by atoms with Gasteiger partial charge in [-0.3, -0.25) is 5.41 Å². The second kappa shape index (κ2) is 6.44. The van der Waals surface area contributed by atoms with Gasteiger partial charge in [-0.1, -0.05) is 32.0 Å². The number of hydrogen-bond acceptors (Lipinski definition) is 2. The summed E-state index contributed by atoms with van der Waals surface area (Å²) in [6.45, 7) is 6.31. The van der Waals surface area contributed by atoms with Gasteiger partial charge in [0.25, 0.3) is 0 Å². The third-order valence-corrected chi connectivity index (χ3v) is 3.78. The van der Waals surface area contributed by atoms with Gasteiger partial charge < -0.3 is 10.5 Å². The molecule has 0 saturated heterocycles. The number of nitrogen functional groups attached to an aromatic ring is 1. The molecule has 0 saturated carbocycles. The molecule has 0 aromatic heterocycles. The van der Waals surface area contributed by atoms with Crippen LogP contribution in [0.5, 0.6) is 11.5 Å². The van der Waals surface area contributed by atoms with Crippen molar-refractivity contribution in [2.45, 2.75) is 33.1 Å². The van der Waals surface area contributed by atoms with E-state index in [9.17, 15) is 0 Å². The lowest BCUT2D eigenvalue weighted by atomic mass is 9.98. The molecule has 0 spiro atoms. The third kappa shape index (κ3) is 3.43. The summed E-state index contributed by atoms with van der Waals surface area (Å²) in [5.74, 6) is 2.20. The average molecular weight is 282 g/mol. The lowest BCUT2D eigenvalue weighted by Gasteiger charge is -2.16. The molecule has 2 aromatic rings. The van der Waals surface area contributed by atoms with Crippen molar-refractivity contribution in [1.29, 1.82) is 5.41 Å². The van der Waals surface area contributed by atoms with Gasteiger partial charge in [0.15, 0.2) is 0 Å². The first kappa shape index (κ1) is 15.1. The highest BCUT2D eigenvalue weighted by molar-refractivity contribution is 5.96. The van der Waals surface area contributed by atoms with E-state index in [0.29, 0.717) is 5.92 Å². The standard InChI is InChI=1S/C18H22N2O/c1-4-12(2)15-7-5-6-8-17(15)21-14-9-10-16(18(19)20)13(3)11-14/h5-12H,4H2,1-3H3,(H3,19,20). The maximum absolute atomic E-state index is 7.52. The van der Waals surface area contributed by atoms with E-state index in [1.807, 2.05) is 43.3 Å². The fourth-order valence-corrected chi connectivity index (χ4v) is 2.33. The lowest BCUT2D eigenvalue weighted by molar-refractivity contribution is 0.470. The molecule has 0 amide bonds. The molecule has 2 rings (SSSR count). The van der Waals surface area contributed by atoms with Crippen molar-refractivity contribution in [3.63, 3.8) is 0 Å². The molecule has 0 bridgehead atoms. The van der Waals surface area contributed by atoms with Gasteiger partial charge in [-0.05, 0) is 54.7 Å². The summed E-state index contributed by atoms with van der Waals surface area (Å²) in [5.41, 5.74) is 8.45. The van der Waals surface area contributed by atoms with Crippen LogP contribution in [0.2, 0.25) is 0 Å². The Kier molecular flexibility index (Phi) is 4.63. The first-order chi connectivity index (χ1) is 10.0. The highest BCUT2D eigenvalue weighted by Crippen LogP contribution is 2.32. The average Bonchev–Trinajstić information content (AvgIpc) is 2.46. The molecule has 0 fully saturated rings. The predicted octanol–water partition coefficient (Wildman–Crippen LogP) is 4.58. The number of nitrogens with one attached hydrogen (secondary N) is 1. The molecule has 1 unspecified atom stereocenters. The van der Waals surface area contributed by atoms with Gasteiger partial charge in [0.05, 0.1) is 0 Å². The van der Waals surface area contributed by atoms with Crippen LogP contribution in [0.1, 0.15) is 42.9 Å². The summed E-state index contributed by atoms with van der Waals surface area (Å²) in [6, 6.07) is 13.7. The van der Waals surface area contributed by atoms with Crippen molar-refractivity contribution in [3.8, 4) is 11.5 Å². The molecule has 0 aliphatic carbocycles. The zero-order chi connectivity index (χ0) is 15.4. The SMILES string of the molecule is CCC(C)c1ccccc1Oc1ccc(C(=N)N)c(C)c1. The number of hydrogen-bond donors (Lipinski definition) is 2. The van der Waals surface area contributed by atoms with E-state index in [1.54, 1.807) is 0 Å². The fourth-order valence-electron chi connectivity index (χ4n) is 2.33. The summed E-state index contributed by atoms with van der Waals surface area (Å²) in [7, 11) is 0. The Balaban J connectivity index is 2.31.